The normalized spacial score (nSPS) is 20.0. The number of benzene rings is 3. The number of halogens is 1. The van der Waals surface area contributed by atoms with Crippen LogP contribution in [0.4, 0.5) is 10.2 Å². The quantitative estimate of drug-likeness (QED) is 0.323. The fourth-order valence-electron chi connectivity index (χ4n) is 5.76. The summed E-state index contributed by atoms with van der Waals surface area (Å²) >= 11 is 0. The van der Waals surface area contributed by atoms with Gasteiger partial charge in [-0.25, -0.2) is 4.39 Å². The molecule has 198 valence electrons. The molecule has 0 radical (unpaired) electrons. The third kappa shape index (κ3) is 4.52. The Morgan fingerprint density at radius 1 is 1.03 bits per heavy atom. The lowest BCUT2D eigenvalue weighted by molar-refractivity contribution is 0.124. The number of piperazine rings is 1. The van der Waals surface area contributed by atoms with Crippen LogP contribution < -0.4 is 15.0 Å². The summed E-state index contributed by atoms with van der Waals surface area (Å²) in [6, 6.07) is 15.4. The van der Waals surface area contributed by atoms with E-state index in [1.54, 1.807) is 18.2 Å². The largest absolute Gasteiger partial charge is 0.508 e. The number of aromatic hydroxyl groups is 1. The van der Waals surface area contributed by atoms with Crippen LogP contribution in [0.15, 0.2) is 48.5 Å². The van der Waals surface area contributed by atoms with Gasteiger partial charge in [-0.15, -0.1) is 0 Å². The highest BCUT2D eigenvalue weighted by molar-refractivity contribution is 6.01. The summed E-state index contributed by atoms with van der Waals surface area (Å²) in [4.78, 5) is 11.5. The highest BCUT2D eigenvalue weighted by Gasteiger charge is 2.34. The first-order valence-corrected chi connectivity index (χ1v) is 13.4. The molecule has 3 aromatic carbocycles. The minimum absolute atomic E-state index is 0.0116. The first-order valence-electron chi connectivity index (χ1n) is 13.4. The molecular weight excluding hydrogens is 483 g/mol. The predicted octanol–water partition coefficient (Wildman–Crippen LogP) is 4.88. The lowest BCUT2D eigenvalue weighted by Crippen LogP contribution is -2.51. The maximum atomic E-state index is 16.4. The zero-order chi connectivity index (χ0) is 26.4. The van der Waals surface area contributed by atoms with Crippen LogP contribution in [0.3, 0.4) is 0 Å². The average molecular weight is 517 g/mol. The standard InChI is InChI=1S/C30H33FN4O3/c1-17(2)19(15-36)16-38-30-33-28-25(29(34-30)35-13-20-7-8-21(14-35)32-20)10-9-24(27(28)31)26-12-22(37)11-18-5-3-4-6-23(18)26/h3-6,9-12,17,19-21,32,36-37H,7-8,13-16H2,1-2H3/t19?,20-,21+. The van der Waals surface area contributed by atoms with Crippen LogP contribution >= 0.6 is 0 Å². The average Bonchev–Trinajstić information content (AvgIpc) is 3.25. The zero-order valence-corrected chi connectivity index (χ0v) is 21.7. The number of ether oxygens (including phenoxy) is 1. The highest BCUT2D eigenvalue weighted by atomic mass is 19.1. The van der Waals surface area contributed by atoms with Crippen LogP contribution in [0.25, 0.3) is 32.8 Å². The van der Waals surface area contributed by atoms with Crippen molar-refractivity contribution in [1.29, 1.82) is 0 Å². The van der Waals surface area contributed by atoms with E-state index in [1.807, 2.05) is 44.2 Å². The Kier molecular flexibility index (Phi) is 6.53. The van der Waals surface area contributed by atoms with E-state index >= 15 is 4.39 Å². The summed E-state index contributed by atoms with van der Waals surface area (Å²) in [6.07, 6.45) is 2.23. The number of hydrogen-bond donors (Lipinski definition) is 3. The van der Waals surface area contributed by atoms with Gasteiger partial charge in [0.15, 0.2) is 5.82 Å². The molecule has 3 atom stereocenters. The van der Waals surface area contributed by atoms with Crippen LogP contribution in [-0.2, 0) is 0 Å². The number of aromatic nitrogens is 2. The van der Waals surface area contributed by atoms with Gasteiger partial charge in [0, 0.05) is 48.6 Å². The van der Waals surface area contributed by atoms with Crippen molar-refractivity contribution in [3.05, 3.63) is 54.3 Å². The van der Waals surface area contributed by atoms with Gasteiger partial charge in [-0.1, -0.05) is 44.2 Å². The second kappa shape index (κ2) is 10.0. The Morgan fingerprint density at radius 3 is 2.53 bits per heavy atom. The molecule has 38 heavy (non-hydrogen) atoms. The summed E-state index contributed by atoms with van der Waals surface area (Å²) in [6.45, 7) is 5.85. The Hall–Kier alpha value is -3.49. The van der Waals surface area contributed by atoms with Crippen molar-refractivity contribution in [2.24, 2.45) is 11.8 Å². The molecule has 3 N–H and O–H groups in total. The SMILES string of the molecule is CC(C)C(CO)COc1nc(N2C[C@H]3CC[C@@H](C2)N3)c2ccc(-c3cc(O)cc4ccccc34)c(F)c2n1. The Balaban J connectivity index is 1.49. The van der Waals surface area contributed by atoms with Gasteiger partial charge >= 0.3 is 6.01 Å². The van der Waals surface area contributed by atoms with E-state index in [2.05, 4.69) is 15.2 Å². The fraction of sp³-hybridized carbons (Fsp3) is 0.400. The van der Waals surface area contributed by atoms with Crippen LogP contribution in [0.1, 0.15) is 26.7 Å². The molecule has 0 saturated carbocycles. The molecule has 4 aromatic rings. The van der Waals surface area contributed by atoms with E-state index in [4.69, 9.17) is 9.72 Å². The Bertz CT molecular complexity index is 1480. The van der Waals surface area contributed by atoms with Crippen molar-refractivity contribution in [3.63, 3.8) is 0 Å². The molecule has 7 nitrogen and oxygen atoms in total. The third-order valence-electron chi connectivity index (χ3n) is 8.02. The molecule has 0 amide bonds. The number of phenols is 1. The van der Waals surface area contributed by atoms with E-state index in [-0.39, 0.29) is 42.3 Å². The summed E-state index contributed by atoms with van der Waals surface area (Å²) in [7, 11) is 0. The summed E-state index contributed by atoms with van der Waals surface area (Å²) in [5.74, 6) is 0.395. The smallest absolute Gasteiger partial charge is 0.319 e. The van der Waals surface area contributed by atoms with Crippen LogP contribution in [0.2, 0.25) is 0 Å². The number of nitrogens with zero attached hydrogens (tertiary/aromatic N) is 3. The topological polar surface area (TPSA) is 90.7 Å². The van der Waals surface area contributed by atoms with Gasteiger partial charge in [0.1, 0.15) is 17.1 Å². The lowest BCUT2D eigenvalue weighted by Gasteiger charge is -2.34. The van der Waals surface area contributed by atoms with Crippen molar-refractivity contribution in [1.82, 2.24) is 15.3 Å². The molecule has 2 aliphatic rings. The predicted molar refractivity (Wildman–Crippen MR) is 147 cm³/mol. The molecule has 3 heterocycles. The number of nitrogens with one attached hydrogen (secondary N) is 1. The van der Waals surface area contributed by atoms with Crippen LogP contribution in [0.5, 0.6) is 11.8 Å². The highest BCUT2D eigenvalue weighted by Crippen LogP contribution is 2.39. The molecule has 0 spiro atoms. The van der Waals surface area contributed by atoms with Gasteiger partial charge in [0.2, 0.25) is 0 Å². The van der Waals surface area contributed by atoms with E-state index in [1.165, 1.54) is 0 Å². The number of aliphatic hydroxyl groups is 1. The van der Waals surface area contributed by atoms with E-state index in [9.17, 15) is 10.2 Å². The van der Waals surface area contributed by atoms with E-state index in [0.29, 0.717) is 34.4 Å². The fourth-order valence-corrected chi connectivity index (χ4v) is 5.76. The summed E-state index contributed by atoms with van der Waals surface area (Å²) in [5, 5.41) is 26.1. The van der Waals surface area contributed by atoms with Crippen LogP contribution in [0, 0.1) is 17.7 Å². The molecule has 6 rings (SSSR count). The molecule has 2 fully saturated rings. The van der Waals surface area contributed by atoms with Crippen molar-refractivity contribution in [2.75, 3.05) is 31.2 Å². The number of aliphatic hydroxyl groups excluding tert-OH is 1. The van der Waals surface area contributed by atoms with Gasteiger partial charge in [-0.3, -0.25) is 0 Å². The van der Waals surface area contributed by atoms with Gasteiger partial charge in [-0.05, 0) is 53.3 Å². The second-order valence-corrected chi connectivity index (χ2v) is 10.9. The number of anilines is 1. The van der Waals surface area contributed by atoms with Crippen molar-refractivity contribution >= 4 is 27.5 Å². The number of phenolic OH excluding ortho intramolecular Hbond substituents is 1. The summed E-state index contributed by atoms with van der Waals surface area (Å²) < 4.78 is 22.4. The first-order chi connectivity index (χ1) is 18.4. The number of rotatable bonds is 7. The maximum absolute atomic E-state index is 16.4. The van der Waals surface area contributed by atoms with Gasteiger partial charge < -0.3 is 25.2 Å². The van der Waals surface area contributed by atoms with Crippen molar-refractivity contribution in [3.8, 4) is 22.9 Å². The Labute approximate surface area is 221 Å². The van der Waals surface area contributed by atoms with Crippen molar-refractivity contribution < 1.29 is 19.3 Å². The molecule has 2 bridgehead atoms. The minimum atomic E-state index is -0.479. The first kappa shape index (κ1) is 24.8. The van der Waals surface area contributed by atoms with Gasteiger partial charge in [0.05, 0.1) is 6.61 Å². The molecule has 2 aliphatic heterocycles. The van der Waals surface area contributed by atoms with E-state index in [0.717, 1.165) is 36.7 Å². The van der Waals surface area contributed by atoms with Gasteiger partial charge in [0.25, 0.3) is 0 Å². The monoisotopic (exact) mass is 516 g/mol. The number of fused-ring (bicyclic) bond motifs is 4. The molecule has 1 aromatic heterocycles. The third-order valence-corrected chi connectivity index (χ3v) is 8.02. The summed E-state index contributed by atoms with van der Waals surface area (Å²) in [5.41, 5.74) is 1.14. The van der Waals surface area contributed by atoms with Crippen molar-refractivity contribution in [2.45, 2.75) is 38.8 Å². The molecule has 2 saturated heterocycles. The molecular formula is C30H33FN4O3. The molecule has 0 aliphatic carbocycles. The Morgan fingerprint density at radius 2 is 1.79 bits per heavy atom. The molecule has 8 heteroatoms. The van der Waals surface area contributed by atoms with Crippen LogP contribution in [-0.4, -0.2) is 58.6 Å². The minimum Gasteiger partial charge on any atom is -0.508 e. The lowest BCUT2D eigenvalue weighted by atomic mass is 9.96. The maximum Gasteiger partial charge on any atom is 0.319 e. The molecule has 1 unspecified atom stereocenters. The number of hydrogen-bond acceptors (Lipinski definition) is 7. The second-order valence-electron chi connectivity index (χ2n) is 10.9. The van der Waals surface area contributed by atoms with Gasteiger partial charge in [-0.2, -0.15) is 9.97 Å². The van der Waals surface area contributed by atoms with E-state index < -0.39 is 5.82 Å². The zero-order valence-electron chi connectivity index (χ0n) is 21.7.